The number of aromatic nitrogens is 1. The highest BCUT2D eigenvalue weighted by atomic mass is 32.2. The molecule has 2 aliphatic heterocycles. The first-order valence-corrected chi connectivity index (χ1v) is 10.7. The number of carbonyl (C=O) groups is 1. The first-order chi connectivity index (χ1) is 13.5. The van der Waals surface area contributed by atoms with Crippen molar-refractivity contribution < 1.29 is 9.53 Å². The van der Waals surface area contributed by atoms with E-state index in [1.165, 1.54) is 16.0 Å². The second-order valence-electron chi connectivity index (χ2n) is 7.83. The van der Waals surface area contributed by atoms with E-state index in [9.17, 15) is 4.79 Å². The highest BCUT2D eigenvalue weighted by Gasteiger charge is 2.28. The molecule has 0 bridgehead atoms. The molecular weight excluding hydrogens is 370 g/mol. The van der Waals surface area contributed by atoms with Crippen LogP contribution in [0, 0.1) is 6.92 Å². The molecule has 1 aromatic carbocycles. The van der Waals surface area contributed by atoms with Gasteiger partial charge in [0.25, 0.3) is 0 Å². The third-order valence-corrected chi connectivity index (χ3v) is 6.51. The van der Waals surface area contributed by atoms with Crippen molar-refractivity contribution in [3.05, 3.63) is 53.2 Å². The Morgan fingerprint density at radius 3 is 2.75 bits per heavy atom. The van der Waals surface area contributed by atoms with Gasteiger partial charge in [0.15, 0.2) is 0 Å². The minimum Gasteiger partial charge on any atom is -0.372 e. The molecule has 1 aromatic heterocycles. The van der Waals surface area contributed by atoms with E-state index in [1.807, 2.05) is 18.3 Å². The van der Waals surface area contributed by atoms with Crippen LogP contribution in [0.3, 0.4) is 0 Å². The fourth-order valence-electron chi connectivity index (χ4n) is 3.86. The van der Waals surface area contributed by atoms with Crippen LogP contribution in [0.1, 0.15) is 30.5 Å². The van der Waals surface area contributed by atoms with Gasteiger partial charge in [-0.1, -0.05) is 23.8 Å². The van der Waals surface area contributed by atoms with E-state index in [1.54, 1.807) is 11.8 Å². The summed E-state index contributed by atoms with van der Waals surface area (Å²) in [5, 5.41) is 3.03. The highest BCUT2D eigenvalue weighted by molar-refractivity contribution is 8.01. The van der Waals surface area contributed by atoms with Crippen molar-refractivity contribution >= 4 is 23.5 Å². The molecule has 0 aliphatic carbocycles. The number of ether oxygens (including phenoxy) is 1. The number of nitrogens with zero attached hydrogens (tertiary/aromatic N) is 2. The normalized spacial score (nSPS) is 24.1. The molecule has 0 spiro atoms. The number of nitrogens with one attached hydrogen (secondary N) is 1. The second-order valence-corrected chi connectivity index (χ2v) is 9.07. The molecule has 28 heavy (non-hydrogen) atoms. The number of morpholine rings is 1. The first-order valence-electron chi connectivity index (χ1n) is 9.87. The standard InChI is InChI=1S/C22H27N3O2S/c1-14-4-6-18-9-20(28-19(18)8-14)22(26)24-11-17-5-7-21(23-10-17)25-12-15(2)27-16(3)13-25/h4-8,10,15-16,20H,9,11-13H2,1-3H3,(H,24,26)/t15-,16+,20-/m0/s1. The van der Waals surface area contributed by atoms with Crippen LogP contribution < -0.4 is 10.2 Å². The second kappa shape index (κ2) is 8.13. The summed E-state index contributed by atoms with van der Waals surface area (Å²) in [6, 6.07) is 10.5. The Balaban J connectivity index is 1.31. The van der Waals surface area contributed by atoms with Crippen molar-refractivity contribution in [2.24, 2.45) is 0 Å². The Kier molecular flexibility index (Phi) is 5.60. The van der Waals surface area contributed by atoms with Crippen molar-refractivity contribution in [2.45, 2.75) is 56.1 Å². The highest BCUT2D eigenvalue weighted by Crippen LogP contribution is 2.37. The Morgan fingerprint density at radius 1 is 1.25 bits per heavy atom. The summed E-state index contributed by atoms with van der Waals surface area (Å²) < 4.78 is 5.79. The van der Waals surface area contributed by atoms with Gasteiger partial charge in [0.1, 0.15) is 5.82 Å². The monoisotopic (exact) mass is 397 g/mol. The quantitative estimate of drug-likeness (QED) is 0.858. The minimum absolute atomic E-state index is 0.0413. The Labute approximate surface area is 170 Å². The molecule has 1 amide bonds. The van der Waals surface area contributed by atoms with Crippen LogP contribution in [0.2, 0.25) is 0 Å². The number of hydrogen-bond acceptors (Lipinski definition) is 5. The smallest absolute Gasteiger partial charge is 0.234 e. The molecular formula is C22H27N3O2S. The molecule has 0 radical (unpaired) electrons. The number of carbonyl (C=O) groups excluding carboxylic acids is 1. The molecule has 3 atom stereocenters. The number of aryl methyl sites for hydroxylation is 1. The Morgan fingerprint density at radius 2 is 2.04 bits per heavy atom. The van der Waals surface area contributed by atoms with Gasteiger partial charge in [0, 0.05) is 30.7 Å². The SMILES string of the molecule is Cc1ccc2c(c1)S[C@H](C(=O)NCc1ccc(N3C[C@@H](C)O[C@@H](C)C3)nc1)C2. The van der Waals surface area contributed by atoms with E-state index in [4.69, 9.17) is 4.74 Å². The summed E-state index contributed by atoms with van der Waals surface area (Å²) in [4.78, 5) is 20.7. The predicted molar refractivity (Wildman–Crippen MR) is 113 cm³/mol. The summed E-state index contributed by atoms with van der Waals surface area (Å²) in [7, 11) is 0. The molecule has 2 aromatic rings. The third-order valence-electron chi connectivity index (χ3n) is 5.21. The Hall–Kier alpha value is -2.05. The molecule has 1 fully saturated rings. The van der Waals surface area contributed by atoms with Crippen molar-refractivity contribution in [1.82, 2.24) is 10.3 Å². The lowest BCUT2D eigenvalue weighted by atomic mass is 10.1. The molecule has 0 unspecified atom stereocenters. The number of amides is 1. The fraction of sp³-hybridized carbons (Fsp3) is 0.455. The van der Waals surface area contributed by atoms with Crippen molar-refractivity contribution in [2.75, 3.05) is 18.0 Å². The largest absolute Gasteiger partial charge is 0.372 e. The van der Waals surface area contributed by atoms with Crippen LogP contribution >= 0.6 is 11.8 Å². The zero-order chi connectivity index (χ0) is 19.7. The molecule has 5 nitrogen and oxygen atoms in total. The van der Waals surface area contributed by atoms with Gasteiger partial charge in [-0.15, -0.1) is 11.8 Å². The van der Waals surface area contributed by atoms with Gasteiger partial charge in [-0.05, 0) is 50.5 Å². The van der Waals surface area contributed by atoms with Crippen LogP contribution in [-0.2, 0) is 22.5 Å². The van der Waals surface area contributed by atoms with Gasteiger partial charge >= 0.3 is 0 Å². The maximum atomic E-state index is 12.6. The zero-order valence-electron chi connectivity index (χ0n) is 16.6. The molecule has 6 heteroatoms. The van der Waals surface area contributed by atoms with Gasteiger partial charge in [-0.3, -0.25) is 4.79 Å². The molecule has 2 aliphatic rings. The summed E-state index contributed by atoms with van der Waals surface area (Å²) >= 11 is 1.67. The number of hydrogen-bond donors (Lipinski definition) is 1. The lowest BCUT2D eigenvalue weighted by Crippen LogP contribution is -2.45. The minimum atomic E-state index is -0.0413. The van der Waals surface area contributed by atoms with Crippen molar-refractivity contribution in [3.63, 3.8) is 0 Å². The zero-order valence-corrected chi connectivity index (χ0v) is 17.5. The summed E-state index contributed by atoms with van der Waals surface area (Å²) in [5.74, 6) is 1.06. The number of pyridine rings is 1. The lowest BCUT2D eigenvalue weighted by molar-refractivity contribution is -0.120. The average Bonchev–Trinajstić information content (AvgIpc) is 3.09. The van der Waals surface area contributed by atoms with Crippen LogP contribution in [0.4, 0.5) is 5.82 Å². The summed E-state index contributed by atoms with van der Waals surface area (Å²) in [6.45, 7) is 8.48. The maximum absolute atomic E-state index is 12.6. The molecule has 3 heterocycles. The van der Waals surface area contributed by atoms with E-state index in [0.29, 0.717) is 6.54 Å². The van der Waals surface area contributed by atoms with E-state index in [0.717, 1.165) is 30.9 Å². The Bertz CT molecular complexity index is 845. The first kappa shape index (κ1) is 19.3. The molecule has 1 saturated heterocycles. The third kappa shape index (κ3) is 4.33. The van der Waals surface area contributed by atoms with Crippen LogP contribution in [-0.4, -0.2) is 41.4 Å². The van der Waals surface area contributed by atoms with E-state index in [2.05, 4.69) is 54.2 Å². The maximum Gasteiger partial charge on any atom is 0.234 e. The van der Waals surface area contributed by atoms with Crippen LogP contribution in [0.15, 0.2) is 41.4 Å². The van der Waals surface area contributed by atoms with Gasteiger partial charge in [-0.25, -0.2) is 4.98 Å². The van der Waals surface area contributed by atoms with E-state index >= 15 is 0 Å². The number of rotatable bonds is 4. The number of anilines is 1. The van der Waals surface area contributed by atoms with Gasteiger partial charge in [0.05, 0.1) is 17.5 Å². The van der Waals surface area contributed by atoms with Crippen LogP contribution in [0.5, 0.6) is 0 Å². The number of fused-ring (bicyclic) bond motifs is 1. The molecule has 1 N–H and O–H groups in total. The topological polar surface area (TPSA) is 54.5 Å². The molecule has 4 rings (SSSR count). The van der Waals surface area contributed by atoms with Gasteiger partial charge < -0.3 is 15.0 Å². The lowest BCUT2D eigenvalue weighted by Gasteiger charge is -2.36. The van der Waals surface area contributed by atoms with E-state index < -0.39 is 0 Å². The fourth-order valence-corrected chi connectivity index (χ4v) is 5.17. The van der Waals surface area contributed by atoms with Gasteiger partial charge in [-0.2, -0.15) is 0 Å². The van der Waals surface area contributed by atoms with E-state index in [-0.39, 0.29) is 23.4 Å². The summed E-state index contributed by atoms with van der Waals surface area (Å²) in [6.07, 6.45) is 3.08. The average molecular weight is 398 g/mol. The number of benzene rings is 1. The molecule has 148 valence electrons. The predicted octanol–water partition coefficient (Wildman–Crippen LogP) is 3.34. The van der Waals surface area contributed by atoms with Gasteiger partial charge in [0.2, 0.25) is 5.91 Å². The van der Waals surface area contributed by atoms with Crippen molar-refractivity contribution in [3.8, 4) is 0 Å². The molecule has 0 saturated carbocycles. The van der Waals surface area contributed by atoms with Crippen LogP contribution in [0.25, 0.3) is 0 Å². The number of thioether (sulfide) groups is 1. The summed E-state index contributed by atoms with van der Waals surface area (Å²) in [5.41, 5.74) is 3.53. The van der Waals surface area contributed by atoms with Crippen molar-refractivity contribution in [1.29, 1.82) is 0 Å².